The predicted octanol–water partition coefficient (Wildman–Crippen LogP) is 1.17. The second-order valence-corrected chi connectivity index (χ2v) is 2.16. The van der Waals surface area contributed by atoms with Gasteiger partial charge in [-0.05, 0) is 30.4 Å². The van der Waals surface area contributed by atoms with Crippen LogP contribution in [-0.4, -0.2) is 5.24 Å². The van der Waals surface area contributed by atoms with E-state index in [-0.39, 0.29) is 0 Å². The second-order valence-electron chi connectivity index (χ2n) is 1.82. The molecular formula is C6H5ClO. The minimum atomic E-state index is -0.545. The fourth-order valence-corrected chi connectivity index (χ4v) is 0.441. The van der Waals surface area contributed by atoms with Gasteiger partial charge in [0.05, 0.1) is 0 Å². The Balaban J connectivity index is 2.34. The standard InChI is InChI=1S/C6H5ClO/c7-6(8)4-3-5-1-2-5/h5H,1-2H2. The van der Waals surface area contributed by atoms with E-state index >= 15 is 0 Å². The van der Waals surface area contributed by atoms with Crippen LogP contribution in [0.15, 0.2) is 0 Å². The van der Waals surface area contributed by atoms with Gasteiger partial charge in [-0.3, -0.25) is 4.79 Å². The lowest BCUT2D eigenvalue weighted by Crippen LogP contribution is -1.75. The lowest BCUT2D eigenvalue weighted by Gasteiger charge is -1.67. The molecule has 0 spiro atoms. The molecule has 1 fully saturated rings. The molecule has 1 saturated carbocycles. The van der Waals surface area contributed by atoms with E-state index in [4.69, 9.17) is 11.6 Å². The van der Waals surface area contributed by atoms with Gasteiger partial charge in [0.1, 0.15) is 0 Å². The smallest absolute Gasteiger partial charge is 0.266 e. The zero-order chi connectivity index (χ0) is 5.98. The van der Waals surface area contributed by atoms with Crippen molar-refractivity contribution in [3.8, 4) is 11.8 Å². The molecule has 1 aliphatic rings. The van der Waals surface area contributed by atoms with Crippen LogP contribution < -0.4 is 0 Å². The van der Waals surface area contributed by atoms with Crippen LogP contribution in [0.4, 0.5) is 0 Å². The van der Waals surface area contributed by atoms with Crippen molar-refractivity contribution in [2.24, 2.45) is 5.92 Å². The Kier molecular flexibility index (Phi) is 1.55. The molecule has 1 nitrogen and oxygen atoms in total. The first-order chi connectivity index (χ1) is 3.79. The minimum Gasteiger partial charge on any atom is -0.266 e. The summed E-state index contributed by atoms with van der Waals surface area (Å²) in [6.45, 7) is 0. The van der Waals surface area contributed by atoms with Gasteiger partial charge in [-0.15, -0.1) is 0 Å². The zero-order valence-corrected chi connectivity index (χ0v) is 5.03. The number of halogens is 1. The Morgan fingerprint density at radius 2 is 2.25 bits per heavy atom. The first kappa shape index (κ1) is 5.65. The van der Waals surface area contributed by atoms with Crippen LogP contribution in [0.1, 0.15) is 12.8 Å². The molecule has 0 radical (unpaired) electrons. The van der Waals surface area contributed by atoms with Crippen LogP contribution in [0.2, 0.25) is 0 Å². The van der Waals surface area contributed by atoms with E-state index in [0.717, 1.165) is 12.8 Å². The van der Waals surface area contributed by atoms with E-state index in [1.54, 1.807) is 0 Å². The third kappa shape index (κ3) is 1.99. The Morgan fingerprint density at radius 1 is 1.62 bits per heavy atom. The molecule has 0 saturated heterocycles. The molecule has 0 unspecified atom stereocenters. The minimum absolute atomic E-state index is 0.470. The monoisotopic (exact) mass is 128 g/mol. The molecule has 2 heteroatoms. The van der Waals surface area contributed by atoms with E-state index in [1.807, 2.05) is 0 Å². The van der Waals surface area contributed by atoms with Crippen molar-refractivity contribution in [2.75, 3.05) is 0 Å². The third-order valence-electron chi connectivity index (χ3n) is 0.952. The van der Waals surface area contributed by atoms with Crippen LogP contribution in [0, 0.1) is 17.8 Å². The summed E-state index contributed by atoms with van der Waals surface area (Å²) in [6, 6.07) is 0. The molecule has 0 bridgehead atoms. The lowest BCUT2D eigenvalue weighted by atomic mass is 10.4. The quantitative estimate of drug-likeness (QED) is 0.354. The zero-order valence-electron chi connectivity index (χ0n) is 4.28. The van der Waals surface area contributed by atoms with Gasteiger partial charge in [-0.2, -0.15) is 0 Å². The van der Waals surface area contributed by atoms with E-state index in [2.05, 4.69) is 11.8 Å². The fraction of sp³-hybridized carbons (Fsp3) is 0.500. The maximum atomic E-state index is 9.97. The number of carbonyl (C=O) groups excluding carboxylic acids is 1. The molecule has 0 atom stereocenters. The van der Waals surface area contributed by atoms with Gasteiger partial charge in [0.15, 0.2) is 0 Å². The average molecular weight is 129 g/mol. The van der Waals surface area contributed by atoms with Crippen LogP contribution in [0.3, 0.4) is 0 Å². The molecule has 0 aromatic heterocycles. The van der Waals surface area contributed by atoms with Crippen LogP contribution in [0.25, 0.3) is 0 Å². The van der Waals surface area contributed by atoms with E-state index in [0.29, 0.717) is 5.92 Å². The molecule has 0 aromatic rings. The Labute approximate surface area is 53.0 Å². The summed E-state index contributed by atoms with van der Waals surface area (Å²) in [5.41, 5.74) is 0. The maximum absolute atomic E-state index is 9.97. The van der Waals surface area contributed by atoms with Gasteiger partial charge in [0, 0.05) is 5.92 Å². The number of carbonyl (C=O) groups is 1. The summed E-state index contributed by atoms with van der Waals surface area (Å²) in [5.74, 6) is 5.48. The van der Waals surface area contributed by atoms with Gasteiger partial charge < -0.3 is 0 Å². The van der Waals surface area contributed by atoms with Crippen molar-refractivity contribution in [3.63, 3.8) is 0 Å². The second kappa shape index (κ2) is 2.19. The first-order valence-corrected chi connectivity index (χ1v) is 2.88. The largest absolute Gasteiger partial charge is 0.296 e. The van der Waals surface area contributed by atoms with Gasteiger partial charge >= 0.3 is 0 Å². The Bertz CT molecular complexity index is 159. The number of rotatable bonds is 0. The summed E-state index contributed by atoms with van der Waals surface area (Å²) in [4.78, 5) is 9.97. The van der Waals surface area contributed by atoms with Crippen LogP contribution >= 0.6 is 11.6 Å². The molecule has 42 valence electrons. The topological polar surface area (TPSA) is 17.1 Å². The molecule has 8 heavy (non-hydrogen) atoms. The van der Waals surface area contributed by atoms with Gasteiger partial charge in [-0.1, -0.05) is 5.92 Å². The average Bonchev–Trinajstić information content (AvgIpc) is 2.41. The fourth-order valence-electron chi connectivity index (χ4n) is 0.386. The lowest BCUT2D eigenvalue weighted by molar-refractivity contribution is -0.107. The molecule has 0 amide bonds. The Morgan fingerprint density at radius 3 is 2.62 bits per heavy atom. The summed E-state index contributed by atoms with van der Waals surface area (Å²) < 4.78 is 0. The maximum Gasteiger partial charge on any atom is 0.296 e. The number of hydrogen-bond donors (Lipinski definition) is 0. The highest BCUT2D eigenvalue weighted by molar-refractivity contribution is 6.68. The predicted molar refractivity (Wildman–Crippen MR) is 31.4 cm³/mol. The van der Waals surface area contributed by atoms with Crippen molar-refractivity contribution in [1.29, 1.82) is 0 Å². The molecule has 0 aliphatic heterocycles. The SMILES string of the molecule is O=C(Cl)C#CC1CC1. The molecular weight excluding hydrogens is 124 g/mol. The summed E-state index contributed by atoms with van der Waals surface area (Å²) >= 11 is 4.94. The van der Waals surface area contributed by atoms with Crippen molar-refractivity contribution in [2.45, 2.75) is 12.8 Å². The highest BCUT2D eigenvalue weighted by Gasteiger charge is 2.17. The van der Waals surface area contributed by atoms with Crippen molar-refractivity contribution < 1.29 is 4.79 Å². The Hall–Kier alpha value is -0.480. The van der Waals surface area contributed by atoms with E-state index in [1.165, 1.54) is 0 Å². The highest BCUT2D eigenvalue weighted by Crippen LogP contribution is 2.27. The van der Waals surface area contributed by atoms with Gasteiger partial charge in [0.25, 0.3) is 5.24 Å². The molecule has 1 rings (SSSR count). The van der Waals surface area contributed by atoms with E-state index < -0.39 is 5.24 Å². The third-order valence-corrected chi connectivity index (χ3v) is 1.05. The summed E-state index contributed by atoms with van der Waals surface area (Å²) in [7, 11) is 0. The summed E-state index contributed by atoms with van der Waals surface area (Å²) in [5, 5.41) is -0.545. The van der Waals surface area contributed by atoms with Crippen LogP contribution in [0.5, 0.6) is 0 Å². The van der Waals surface area contributed by atoms with Crippen LogP contribution in [-0.2, 0) is 4.79 Å². The molecule has 1 aliphatic carbocycles. The van der Waals surface area contributed by atoms with Crippen molar-refractivity contribution in [3.05, 3.63) is 0 Å². The normalized spacial score (nSPS) is 16.6. The highest BCUT2D eigenvalue weighted by atomic mass is 35.5. The van der Waals surface area contributed by atoms with Crippen molar-refractivity contribution in [1.82, 2.24) is 0 Å². The molecule has 0 N–H and O–H groups in total. The molecule has 0 aromatic carbocycles. The molecule has 0 heterocycles. The first-order valence-electron chi connectivity index (χ1n) is 2.50. The van der Waals surface area contributed by atoms with Gasteiger partial charge in [0.2, 0.25) is 0 Å². The van der Waals surface area contributed by atoms with Crippen molar-refractivity contribution >= 4 is 16.8 Å². The van der Waals surface area contributed by atoms with Gasteiger partial charge in [-0.25, -0.2) is 0 Å². The number of hydrogen-bond acceptors (Lipinski definition) is 1. The summed E-state index contributed by atoms with van der Waals surface area (Å²) in [6.07, 6.45) is 2.27. The van der Waals surface area contributed by atoms with E-state index in [9.17, 15) is 4.79 Å².